The van der Waals surface area contributed by atoms with Crippen LogP contribution in [0.1, 0.15) is 17.3 Å². The van der Waals surface area contributed by atoms with Gasteiger partial charge >= 0.3 is 0 Å². The third-order valence-electron chi connectivity index (χ3n) is 3.20. The van der Waals surface area contributed by atoms with Gasteiger partial charge in [-0.25, -0.2) is 4.39 Å². The second-order valence-corrected chi connectivity index (χ2v) is 5.37. The van der Waals surface area contributed by atoms with Crippen LogP contribution in [0.5, 0.6) is 5.75 Å². The zero-order valence-corrected chi connectivity index (χ0v) is 13.7. The molecule has 2 aromatic rings. The molecule has 7 heteroatoms. The number of benzene rings is 2. The summed E-state index contributed by atoms with van der Waals surface area (Å²) in [6.07, 6.45) is -0.677. The van der Waals surface area contributed by atoms with Crippen LogP contribution in [0.3, 0.4) is 0 Å². The standard InChI is InChI=1S/C18H19FN2O4/c1-12(22)10-20-18(24)13-6-2-5-9-16(13)25-11-17(23)21-15-8-4-3-7-14(15)19/h2-9,12,22H,10-11H2,1H3,(H,20,24)(H,21,23). The van der Waals surface area contributed by atoms with Gasteiger partial charge in [-0.3, -0.25) is 9.59 Å². The number of hydrogen-bond donors (Lipinski definition) is 3. The number of ether oxygens (including phenoxy) is 1. The van der Waals surface area contributed by atoms with Gasteiger partial charge in [-0.2, -0.15) is 0 Å². The van der Waals surface area contributed by atoms with Gasteiger partial charge in [-0.05, 0) is 31.2 Å². The van der Waals surface area contributed by atoms with E-state index in [9.17, 15) is 19.1 Å². The highest BCUT2D eigenvalue weighted by Crippen LogP contribution is 2.18. The van der Waals surface area contributed by atoms with Crippen molar-refractivity contribution in [3.63, 3.8) is 0 Å². The van der Waals surface area contributed by atoms with Gasteiger partial charge in [-0.1, -0.05) is 24.3 Å². The van der Waals surface area contributed by atoms with Gasteiger partial charge in [0.2, 0.25) is 0 Å². The fourth-order valence-electron chi connectivity index (χ4n) is 2.01. The molecular formula is C18H19FN2O4. The summed E-state index contributed by atoms with van der Waals surface area (Å²) in [4.78, 5) is 24.0. The van der Waals surface area contributed by atoms with Crippen LogP contribution in [0.4, 0.5) is 10.1 Å². The summed E-state index contributed by atoms with van der Waals surface area (Å²) in [7, 11) is 0. The molecule has 3 N–H and O–H groups in total. The fraction of sp³-hybridized carbons (Fsp3) is 0.222. The van der Waals surface area contributed by atoms with Crippen molar-refractivity contribution in [3.05, 3.63) is 59.9 Å². The lowest BCUT2D eigenvalue weighted by Crippen LogP contribution is -2.31. The lowest BCUT2D eigenvalue weighted by Gasteiger charge is -2.12. The Morgan fingerprint density at radius 3 is 2.56 bits per heavy atom. The normalized spacial score (nSPS) is 11.5. The SMILES string of the molecule is CC(O)CNC(=O)c1ccccc1OCC(=O)Nc1ccccc1F. The molecule has 0 saturated heterocycles. The Balaban J connectivity index is 1.97. The molecular weight excluding hydrogens is 327 g/mol. The third kappa shape index (κ3) is 5.58. The Labute approximate surface area is 144 Å². The van der Waals surface area contributed by atoms with Gasteiger partial charge < -0.3 is 20.5 Å². The maximum Gasteiger partial charge on any atom is 0.262 e. The van der Waals surface area contributed by atoms with Crippen LogP contribution in [0.25, 0.3) is 0 Å². The first kappa shape index (κ1) is 18.4. The van der Waals surface area contributed by atoms with Crippen molar-refractivity contribution in [2.24, 2.45) is 0 Å². The number of aliphatic hydroxyl groups is 1. The molecule has 6 nitrogen and oxygen atoms in total. The Hall–Kier alpha value is -2.93. The van der Waals surface area contributed by atoms with Crippen LogP contribution in [-0.2, 0) is 4.79 Å². The average molecular weight is 346 g/mol. The van der Waals surface area contributed by atoms with Gasteiger partial charge in [0, 0.05) is 6.54 Å². The average Bonchev–Trinajstić information content (AvgIpc) is 2.60. The van der Waals surface area contributed by atoms with Gasteiger partial charge in [0.1, 0.15) is 11.6 Å². The summed E-state index contributed by atoms with van der Waals surface area (Å²) in [5, 5.41) is 14.2. The molecule has 132 valence electrons. The summed E-state index contributed by atoms with van der Waals surface area (Å²) < 4.78 is 18.9. The van der Waals surface area contributed by atoms with Gasteiger partial charge in [-0.15, -0.1) is 0 Å². The highest BCUT2D eigenvalue weighted by atomic mass is 19.1. The van der Waals surface area contributed by atoms with Crippen molar-refractivity contribution >= 4 is 17.5 Å². The van der Waals surface area contributed by atoms with Crippen molar-refractivity contribution in [2.45, 2.75) is 13.0 Å². The summed E-state index contributed by atoms with van der Waals surface area (Å²) >= 11 is 0. The van der Waals surface area contributed by atoms with E-state index in [0.29, 0.717) is 0 Å². The molecule has 0 aliphatic carbocycles. The van der Waals surface area contributed by atoms with E-state index in [-0.39, 0.29) is 30.2 Å². The quantitative estimate of drug-likeness (QED) is 0.715. The highest BCUT2D eigenvalue weighted by molar-refractivity contribution is 5.97. The Kier molecular flexibility index (Phi) is 6.47. The van der Waals surface area contributed by atoms with Crippen molar-refractivity contribution in [2.75, 3.05) is 18.5 Å². The lowest BCUT2D eigenvalue weighted by molar-refractivity contribution is -0.118. The first-order chi connectivity index (χ1) is 12.0. The molecule has 0 aliphatic rings. The summed E-state index contributed by atoms with van der Waals surface area (Å²) in [6.45, 7) is 1.27. The van der Waals surface area contributed by atoms with Crippen LogP contribution in [0, 0.1) is 5.82 Å². The zero-order valence-electron chi connectivity index (χ0n) is 13.7. The summed E-state index contributed by atoms with van der Waals surface area (Å²) in [5.41, 5.74) is 0.293. The molecule has 1 unspecified atom stereocenters. The summed E-state index contributed by atoms with van der Waals surface area (Å²) in [6, 6.07) is 12.2. The monoisotopic (exact) mass is 346 g/mol. The zero-order chi connectivity index (χ0) is 18.2. The van der Waals surface area contributed by atoms with E-state index in [1.54, 1.807) is 37.3 Å². The van der Waals surface area contributed by atoms with Crippen LogP contribution < -0.4 is 15.4 Å². The van der Waals surface area contributed by atoms with Crippen LogP contribution in [-0.4, -0.2) is 36.2 Å². The smallest absolute Gasteiger partial charge is 0.262 e. The maximum atomic E-state index is 13.5. The topological polar surface area (TPSA) is 87.7 Å². The second kappa shape index (κ2) is 8.79. The molecule has 1 atom stereocenters. The first-order valence-electron chi connectivity index (χ1n) is 7.70. The Morgan fingerprint density at radius 2 is 1.84 bits per heavy atom. The minimum absolute atomic E-state index is 0.0547. The number of anilines is 1. The second-order valence-electron chi connectivity index (χ2n) is 5.37. The van der Waals surface area contributed by atoms with Crippen LogP contribution in [0.15, 0.2) is 48.5 Å². The molecule has 0 aliphatic heterocycles. The predicted octanol–water partition coefficient (Wildman–Crippen LogP) is 1.95. The lowest BCUT2D eigenvalue weighted by atomic mass is 10.2. The minimum Gasteiger partial charge on any atom is -0.483 e. The van der Waals surface area contributed by atoms with E-state index in [4.69, 9.17) is 4.74 Å². The fourth-order valence-corrected chi connectivity index (χ4v) is 2.01. The molecule has 0 radical (unpaired) electrons. The molecule has 2 aromatic carbocycles. The summed E-state index contributed by atoms with van der Waals surface area (Å²) in [5.74, 6) is -1.31. The Morgan fingerprint density at radius 1 is 1.16 bits per heavy atom. The molecule has 0 bridgehead atoms. The molecule has 2 rings (SSSR count). The largest absolute Gasteiger partial charge is 0.483 e. The van der Waals surface area contributed by atoms with Crippen molar-refractivity contribution in [1.29, 1.82) is 0 Å². The maximum absolute atomic E-state index is 13.5. The van der Waals surface area contributed by atoms with E-state index >= 15 is 0 Å². The van der Waals surface area contributed by atoms with E-state index in [2.05, 4.69) is 10.6 Å². The molecule has 0 aromatic heterocycles. The number of rotatable bonds is 7. The molecule has 0 saturated carbocycles. The van der Waals surface area contributed by atoms with E-state index < -0.39 is 23.7 Å². The van der Waals surface area contributed by atoms with Crippen LogP contribution in [0.2, 0.25) is 0 Å². The van der Waals surface area contributed by atoms with Gasteiger partial charge in [0.15, 0.2) is 6.61 Å². The highest BCUT2D eigenvalue weighted by Gasteiger charge is 2.14. The van der Waals surface area contributed by atoms with Crippen molar-refractivity contribution in [1.82, 2.24) is 5.32 Å². The molecule has 0 spiro atoms. The van der Waals surface area contributed by atoms with Crippen molar-refractivity contribution in [3.8, 4) is 5.75 Å². The Bertz CT molecular complexity index is 749. The minimum atomic E-state index is -0.677. The number of amides is 2. The van der Waals surface area contributed by atoms with Crippen LogP contribution >= 0.6 is 0 Å². The number of nitrogens with one attached hydrogen (secondary N) is 2. The molecule has 2 amide bonds. The molecule has 0 fully saturated rings. The number of carbonyl (C=O) groups is 2. The van der Waals surface area contributed by atoms with Gasteiger partial charge in [0.05, 0.1) is 17.4 Å². The first-order valence-corrected chi connectivity index (χ1v) is 7.70. The molecule has 0 heterocycles. The van der Waals surface area contributed by atoms with E-state index in [1.807, 2.05) is 0 Å². The van der Waals surface area contributed by atoms with E-state index in [0.717, 1.165) is 0 Å². The van der Waals surface area contributed by atoms with Gasteiger partial charge in [0.25, 0.3) is 11.8 Å². The number of halogens is 1. The number of aliphatic hydroxyl groups excluding tert-OH is 1. The number of hydrogen-bond acceptors (Lipinski definition) is 4. The molecule has 25 heavy (non-hydrogen) atoms. The third-order valence-corrected chi connectivity index (χ3v) is 3.20. The van der Waals surface area contributed by atoms with E-state index in [1.165, 1.54) is 18.2 Å². The van der Waals surface area contributed by atoms with Crippen molar-refractivity contribution < 1.29 is 23.8 Å². The predicted molar refractivity (Wildman–Crippen MR) is 91.0 cm³/mol. The number of carbonyl (C=O) groups excluding carboxylic acids is 2. The number of para-hydroxylation sites is 2.